The average Bonchev–Trinajstić information content (AvgIpc) is 2.65. The summed E-state index contributed by atoms with van der Waals surface area (Å²) in [5.41, 5.74) is 14.6. The fraction of sp³-hybridized carbons (Fsp3) is 0.328. The molecule has 20 nitrogen and oxygen atoms in total. The number of benzene rings is 4. The lowest BCUT2D eigenvalue weighted by atomic mass is 9.81. The second-order valence-corrected chi connectivity index (χ2v) is 25.1. The first kappa shape index (κ1) is 59.3. The first-order valence-corrected chi connectivity index (χ1v) is 30.7. The Kier molecular flexibility index (Phi) is 17.6. The van der Waals surface area contributed by atoms with Gasteiger partial charge in [-0.25, -0.2) is 14.8 Å². The maximum absolute atomic E-state index is 13.5. The third kappa shape index (κ3) is 14.1. The monoisotopic (exact) mass is 1170 g/mol. The van der Waals surface area contributed by atoms with Crippen molar-refractivity contribution < 1.29 is 49.9 Å². The summed E-state index contributed by atoms with van der Waals surface area (Å²) in [6.07, 6.45) is 13.7. The minimum absolute atomic E-state index is 0.0261. The number of fused-ring (bicyclic) bond motifs is 3. The van der Waals surface area contributed by atoms with Crippen LogP contribution in [0.15, 0.2) is 155 Å². The van der Waals surface area contributed by atoms with Crippen LogP contribution < -0.4 is 31.6 Å². The molecule has 434 valence electrons. The lowest BCUT2D eigenvalue weighted by Gasteiger charge is -2.27. The summed E-state index contributed by atoms with van der Waals surface area (Å²) in [6.45, 7) is 9.90. The molecule has 0 spiro atoms. The number of aromatic nitrogens is 4. The van der Waals surface area contributed by atoms with Gasteiger partial charge in [-0.05, 0) is 129 Å². The van der Waals surface area contributed by atoms with Gasteiger partial charge in [0, 0.05) is 65.1 Å². The number of carbonyl (C=O) groups excluding carboxylic acids is 1. The number of anilines is 3. The number of carbonyl (C=O) groups is 2. The van der Waals surface area contributed by atoms with Crippen LogP contribution in [0, 0.1) is 0 Å². The van der Waals surface area contributed by atoms with E-state index in [-0.39, 0.29) is 60.0 Å². The van der Waals surface area contributed by atoms with Crippen molar-refractivity contribution in [2.45, 2.75) is 102 Å². The molecule has 83 heavy (non-hydrogen) atoms. The van der Waals surface area contributed by atoms with E-state index in [1.165, 1.54) is 6.20 Å². The number of H-pyrrole nitrogens is 1. The lowest BCUT2D eigenvalue weighted by molar-refractivity contribution is -0.438. The van der Waals surface area contributed by atoms with E-state index in [0.29, 0.717) is 67.2 Å². The number of ether oxygens (including phenoxy) is 1. The minimum Gasteiger partial charge on any atom is -0.480 e. The number of aliphatic carboxylic acids is 1. The number of para-hydroxylation sites is 2. The van der Waals surface area contributed by atoms with Crippen molar-refractivity contribution in [2.75, 3.05) is 40.5 Å². The summed E-state index contributed by atoms with van der Waals surface area (Å²) in [6, 6.07) is 28.6. The van der Waals surface area contributed by atoms with Crippen LogP contribution in [0.1, 0.15) is 105 Å². The molecule has 0 unspecified atom stereocenters. The van der Waals surface area contributed by atoms with Gasteiger partial charge >= 0.3 is 5.97 Å². The molecule has 1 amide bonds. The van der Waals surface area contributed by atoms with Crippen LogP contribution >= 0.6 is 0 Å². The Bertz CT molecular complexity index is 3930. The molecule has 2 aliphatic heterocycles. The van der Waals surface area contributed by atoms with Crippen LogP contribution in [0.25, 0.3) is 11.2 Å². The van der Waals surface area contributed by atoms with Gasteiger partial charge < -0.3 is 31.1 Å². The molecule has 8 N–H and O–H groups in total. The van der Waals surface area contributed by atoms with E-state index in [4.69, 9.17) is 10.5 Å². The Morgan fingerprint density at radius 3 is 2.23 bits per heavy atom. The number of carboxylic acids is 1. The number of hydrogen-bond acceptors (Lipinski definition) is 14. The van der Waals surface area contributed by atoms with Crippen molar-refractivity contribution in [2.24, 2.45) is 0 Å². The molecule has 4 aromatic carbocycles. The number of nitrogens with one attached hydrogen (secondary N) is 3. The van der Waals surface area contributed by atoms with E-state index in [1.807, 2.05) is 24.3 Å². The number of unbranched alkanes of at least 4 members (excludes halogenated alkanes) is 2. The highest BCUT2D eigenvalue weighted by molar-refractivity contribution is 7.86. The van der Waals surface area contributed by atoms with Crippen LogP contribution in [0.2, 0.25) is 0 Å². The van der Waals surface area contributed by atoms with Crippen LogP contribution in [-0.2, 0) is 48.8 Å². The highest BCUT2D eigenvalue weighted by Gasteiger charge is 2.44. The fourth-order valence-electron chi connectivity index (χ4n) is 11.1. The molecule has 4 heterocycles. The normalized spacial score (nSPS) is 17.1. The number of allylic oxidation sites excluding steroid dienone is 7. The summed E-state index contributed by atoms with van der Waals surface area (Å²) in [5.74, 6) is -1.37. The second-order valence-electron chi connectivity index (χ2n) is 22.0. The SMILES string of the molecule is CC1(C)C(/C=C/C2=C(Oc3ccc(C[C@@H](NC(=O)c4ccc(NCc5cnc6nc(N)[nH]c(=O)c6n5)cc4)C(=O)O)cc3)C(=C/C=C3/N(CCCCS(=O)(=O)O)c4ccccc4C3(C)C)/CCC2)=[N+](CCCCS(=O)(=O)O)c2ccccc21. The van der Waals surface area contributed by atoms with Gasteiger partial charge in [0.15, 0.2) is 16.9 Å². The van der Waals surface area contributed by atoms with E-state index < -0.39 is 54.5 Å². The number of carboxylic acid groups (broad SMARTS) is 1. The predicted octanol–water partition coefficient (Wildman–Crippen LogP) is 8.73. The topological polar surface area (TPSA) is 300 Å². The van der Waals surface area contributed by atoms with Crippen molar-refractivity contribution in [1.29, 1.82) is 0 Å². The van der Waals surface area contributed by atoms with E-state index in [0.717, 1.165) is 51.5 Å². The van der Waals surface area contributed by atoms with Gasteiger partial charge in [0.2, 0.25) is 11.6 Å². The smallest absolute Gasteiger partial charge is 0.326 e. The zero-order chi connectivity index (χ0) is 59.3. The van der Waals surface area contributed by atoms with Crippen molar-refractivity contribution in [3.8, 4) is 5.75 Å². The van der Waals surface area contributed by atoms with Gasteiger partial charge in [-0.1, -0.05) is 68.5 Å². The summed E-state index contributed by atoms with van der Waals surface area (Å²) in [7, 11) is -8.23. The molecule has 0 bridgehead atoms. The standard InChI is InChI=1S/C61H67N9O11S2/c1-60(2)46-16-5-7-18-49(46)69(32-9-11-34-82(75,76)77)51(60)30-24-40-14-13-15-41(25-31-52-61(3,4)47-17-6-8-19-50(47)70(52)33-10-12-35-83(78,79)80)54(40)81-45-28-20-39(21-29-45)36-48(58(73)74)66-56(71)42-22-26-43(27-23-42)63-37-44-38-64-55-53(65-44)57(72)68-59(62)67-55/h5-8,16-31,38,48H,9-15,32-37H2,1-4H3,(H7-,62,63,64,66,67,68,71,72,73,74,75,76,77,78,79,80)/p+1/t48-/m1/s1. The van der Waals surface area contributed by atoms with Crippen LogP contribution in [0.4, 0.5) is 23.0 Å². The van der Waals surface area contributed by atoms with Gasteiger partial charge in [0.1, 0.15) is 24.1 Å². The van der Waals surface area contributed by atoms with Gasteiger partial charge in [-0.15, -0.1) is 0 Å². The number of hydrogen-bond donors (Lipinski definition) is 7. The van der Waals surface area contributed by atoms with Crippen molar-refractivity contribution in [3.63, 3.8) is 0 Å². The quantitative estimate of drug-likeness (QED) is 0.0179. The number of amides is 1. The van der Waals surface area contributed by atoms with Gasteiger partial charge in [-0.2, -0.15) is 26.4 Å². The third-order valence-corrected chi connectivity index (χ3v) is 16.9. The largest absolute Gasteiger partial charge is 0.480 e. The molecular formula is C61H68N9O11S2+. The molecule has 0 saturated heterocycles. The number of nitrogens with zero attached hydrogens (tertiary/aromatic N) is 5. The van der Waals surface area contributed by atoms with Crippen molar-refractivity contribution in [1.82, 2.24) is 25.3 Å². The molecule has 1 atom stereocenters. The minimum atomic E-state index is -4.11. The molecule has 9 rings (SSSR count). The van der Waals surface area contributed by atoms with Crippen LogP contribution in [0.3, 0.4) is 0 Å². The van der Waals surface area contributed by atoms with Gasteiger partial charge in [0.25, 0.3) is 31.7 Å². The van der Waals surface area contributed by atoms with Crippen molar-refractivity contribution >= 4 is 72.0 Å². The molecule has 3 aliphatic rings. The first-order valence-electron chi connectivity index (χ1n) is 27.5. The lowest BCUT2D eigenvalue weighted by Crippen LogP contribution is -2.42. The zero-order valence-corrected chi connectivity index (χ0v) is 48.3. The fourth-order valence-corrected chi connectivity index (χ4v) is 12.2. The Morgan fingerprint density at radius 1 is 0.831 bits per heavy atom. The maximum atomic E-state index is 13.5. The Balaban J connectivity index is 0.973. The molecule has 0 saturated carbocycles. The average molecular weight is 1170 g/mol. The maximum Gasteiger partial charge on any atom is 0.326 e. The molecule has 0 fully saturated rings. The highest BCUT2D eigenvalue weighted by Crippen LogP contribution is 2.48. The van der Waals surface area contributed by atoms with Gasteiger partial charge in [0.05, 0.1) is 35.4 Å². The van der Waals surface area contributed by atoms with E-state index >= 15 is 0 Å². The van der Waals surface area contributed by atoms with Crippen LogP contribution in [0.5, 0.6) is 5.75 Å². The molecule has 0 radical (unpaired) electrons. The number of nitrogens with two attached hydrogens (primary N) is 1. The third-order valence-electron chi connectivity index (χ3n) is 15.3. The summed E-state index contributed by atoms with van der Waals surface area (Å²) < 4.78 is 74.6. The van der Waals surface area contributed by atoms with Crippen LogP contribution in [-0.4, -0.2) is 104 Å². The first-order chi connectivity index (χ1) is 39.4. The molecule has 6 aromatic rings. The Labute approximate surface area is 482 Å². The predicted molar refractivity (Wildman–Crippen MR) is 319 cm³/mol. The van der Waals surface area contributed by atoms with Gasteiger partial charge in [-0.3, -0.25) is 23.7 Å². The molecular weight excluding hydrogens is 1100 g/mol. The zero-order valence-electron chi connectivity index (χ0n) is 46.6. The Hall–Kier alpha value is -8.31. The number of nitrogen functional groups attached to an aromatic ring is 1. The number of rotatable bonds is 23. The summed E-state index contributed by atoms with van der Waals surface area (Å²) >= 11 is 0. The molecule has 22 heteroatoms. The number of aromatic amines is 1. The summed E-state index contributed by atoms with van der Waals surface area (Å²) in [4.78, 5) is 55.5. The molecule has 1 aliphatic carbocycles. The highest BCUT2D eigenvalue weighted by atomic mass is 32.2. The molecule has 2 aromatic heterocycles. The van der Waals surface area contributed by atoms with Crippen molar-refractivity contribution in [3.05, 3.63) is 188 Å². The second kappa shape index (κ2) is 24.6. The van der Waals surface area contributed by atoms with E-state index in [1.54, 1.807) is 48.5 Å². The Morgan fingerprint density at radius 2 is 1.52 bits per heavy atom. The van der Waals surface area contributed by atoms with E-state index in [2.05, 4.69) is 116 Å². The summed E-state index contributed by atoms with van der Waals surface area (Å²) in [5, 5.41) is 16.1. The van der Waals surface area contributed by atoms with E-state index in [9.17, 15) is 45.4 Å².